The minimum atomic E-state index is -0.925. The number of aromatic nitrogens is 2. The van der Waals surface area contributed by atoms with Crippen molar-refractivity contribution in [3.63, 3.8) is 0 Å². The largest absolute Gasteiger partial charge is 0.504 e. The summed E-state index contributed by atoms with van der Waals surface area (Å²) in [7, 11) is 2.15. The van der Waals surface area contributed by atoms with Crippen LogP contribution in [0.15, 0.2) is 72.8 Å². The molecule has 2 saturated heterocycles. The number of nitrogens with zero attached hydrogens (tertiary/aromatic N) is 4. The maximum Gasteiger partial charge on any atom is 0.166 e. The van der Waals surface area contributed by atoms with Crippen molar-refractivity contribution in [2.45, 2.75) is 130 Å². The van der Waals surface area contributed by atoms with E-state index in [1.165, 1.54) is 90.2 Å². The third-order valence-corrected chi connectivity index (χ3v) is 20.4. The van der Waals surface area contributed by atoms with E-state index in [0.717, 1.165) is 94.7 Å². The average molecular weight is 905 g/mol. The number of phenols is 2. The molecule has 3 fully saturated rings. The Balaban J connectivity index is 0.000000117. The van der Waals surface area contributed by atoms with Crippen LogP contribution in [0.5, 0.6) is 23.0 Å². The lowest BCUT2D eigenvalue weighted by Crippen LogP contribution is -2.74. The quantitative estimate of drug-likeness (QED) is 0.138. The van der Waals surface area contributed by atoms with Gasteiger partial charge in [0.25, 0.3) is 0 Å². The molecule has 1 saturated carbocycles. The number of phenolic OH excluding ortho intramolecular Hbond substituents is 2. The fraction of sp³-hybridized carbons (Fsp3) is 0.448. The van der Waals surface area contributed by atoms with Gasteiger partial charge in [-0.05, 0) is 135 Å². The summed E-state index contributed by atoms with van der Waals surface area (Å²) in [4.78, 5) is 4.97. The van der Waals surface area contributed by atoms with E-state index in [4.69, 9.17) is 9.47 Å². The number of piperidine rings is 2. The van der Waals surface area contributed by atoms with E-state index >= 15 is 0 Å². The van der Waals surface area contributed by atoms with Crippen molar-refractivity contribution in [3.8, 4) is 23.0 Å². The van der Waals surface area contributed by atoms with Crippen LogP contribution in [0.4, 0.5) is 0 Å². The fourth-order valence-electron chi connectivity index (χ4n) is 17.6. The van der Waals surface area contributed by atoms with Crippen molar-refractivity contribution in [1.82, 2.24) is 18.9 Å². The predicted octanol–water partition coefficient (Wildman–Crippen LogP) is 7.97. The van der Waals surface area contributed by atoms with Crippen LogP contribution in [0.2, 0.25) is 0 Å². The highest BCUT2D eigenvalue weighted by Crippen LogP contribution is 2.71. The molecule has 5 aliphatic carbocycles. The van der Waals surface area contributed by atoms with Gasteiger partial charge >= 0.3 is 0 Å². The second-order valence-corrected chi connectivity index (χ2v) is 23.1. The van der Waals surface area contributed by atoms with Crippen molar-refractivity contribution in [3.05, 3.63) is 129 Å². The summed E-state index contributed by atoms with van der Waals surface area (Å²) in [5, 5.41) is 52.8. The molecule has 8 atom stereocenters. The second kappa shape index (κ2) is 12.3. The van der Waals surface area contributed by atoms with E-state index in [9.17, 15) is 20.4 Å². The highest BCUT2D eigenvalue weighted by Gasteiger charge is 2.75. The molecule has 4 bridgehead atoms. The summed E-state index contributed by atoms with van der Waals surface area (Å²) in [6.07, 6.45) is 10.0. The zero-order valence-electron chi connectivity index (χ0n) is 38.5. The summed E-state index contributed by atoms with van der Waals surface area (Å²) >= 11 is 0. The van der Waals surface area contributed by atoms with Gasteiger partial charge in [-0.3, -0.25) is 4.90 Å². The number of likely N-dealkylation sites (tertiary alicyclic amines) is 2. The number of ether oxygens (including phenoxy) is 2. The lowest BCUT2D eigenvalue weighted by Gasteiger charge is -2.63. The summed E-state index contributed by atoms with van der Waals surface area (Å²) in [6.45, 7) is 4.94. The molecule has 10 nitrogen and oxygen atoms in total. The molecule has 6 aliphatic heterocycles. The number of rotatable bonds is 2. The summed E-state index contributed by atoms with van der Waals surface area (Å²) in [6, 6.07) is 25.8. The maximum absolute atomic E-state index is 13.1. The Kier molecular flexibility index (Phi) is 6.91. The standard InChI is InChI=1S/C32H30N2O3.C26H26N2O3/c35-23-9-7-20-14-24-32(36)15-22-21-8-6-18-2-1-3-19-10-12-34(27(21)25(18)19)28(22)30-31(32,26(20)29(23)37-30)11-13-33(24)16-17-4-5-17;1-27-11-9-25-20-15-7-8-18(29)23(20)31-24(25)22-17(13-26(25,30)19(27)12-15)16-6-2-4-14-5-3-10-28(22)21(14)16/h1-3,6-9,17,24,30,35-36H,4-5,10-16H2;2,4,6-8,19,24,29-30H,3,5,9-13H2,1H3/t24-,30+,31+,32-;19-,24+,25+,26-/m11/s1. The molecule has 4 N–H and O–H groups in total. The van der Waals surface area contributed by atoms with Gasteiger partial charge in [-0.15, -0.1) is 0 Å². The monoisotopic (exact) mass is 904 g/mol. The van der Waals surface area contributed by atoms with Gasteiger partial charge in [0, 0.05) is 71.8 Å². The minimum Gasteiger partial charge on any atom is -0.504 e. The molecule has 2 aromatic heterocycles. The van der Waals surface area contributed by atoms with Gasteiger partial charge in [0.15, 0.2) is 35.2 Å². The molecule has 344 valence electrons. The van der Waals surface area contributed by atoms with Crippen LogP contribution in [-0.2, 0) is 62.4 Å². The molecule has 0 radical (unpaired) electrons. The molecule has 10 heteroatoms. The van der Waals surface area contributed by atoms with Gasteiger partial charge in [-0.2, -0.15) is 0 Å². The van der Waals surface area contributed by atoms with Gasteiger partial charge in [-0.25, -0.2) is 0 Å². The number of likely N-dealkylation sites (N-methyl/N-ethyl adjacent to an activating group) is 1. The van der Waals surface area contributed by atoms with Crippen LogP contribution in [0.25, 0.3) is 32.6 Å². The maximum atomic E-state index is 13.1. The van der Waals surface area contributed by atoms with Crippen LogP contribution < -0.4 is 9.47 Å². The highest BCUT2D eigenvalue weighted by molar-refractivity contribution is 6.10. The average Bonchev–Trinajstić information content (AvgIpc) is 3.70. The second-order valence-electron chi connectivity index (χ2n) is 23.1. The molecular formula is C58H56N4O6. The van der Waals surface area contributed by atoms with E-state index in [0.29, 0.717) is 24.3 Å². The highest BCUT2D eigenvalue weighted by atomic mass is 16.5. The smallest absolute Gasteiger partial charge is 0.166 e. The first-order valence-corrected chi connectivity index (χ1v) is 25.7. The Labute approximate surface area is 394 Å². The van der Waals surface area contributed by atoms with Crippen LogP contribution in [-0.4, -0.2) is 89.3 Å². The van der Waals surface area contributed by atoms with Crippen LogP contribution >= 0.6 is 0 Å². The first kappa shape index (κ1) is 38.3. The van der Waals surface area contributed by atoms with Gasteiger partial charge in [0.2, 0.25) is 0 Å². The Morgan fingerprint density at radius 3 is 1.97 bits per heavy atom. The zero-order valence-corrected chi connectivity index (χ0v) is 38.5. The molecular weight excluding hydrogens is 849 g/mol. The number of aromatic hydroxyl groups is 2. The molecule has 18 rings (SSSR count). The van der Waals surface area contributed by atoms with E-state index < -0.39 is 22.0 Å². The Hall–Kier alpha value is -5.52. The SMILES string of the molecule is CN1CC[C@]23c4c5ccc(O)c4O[C@H]2c2c(c4cccc6c4n2CCC6)C[C@@]3(O)[C@H]1C5.Oc1ccc2c3c1O[C@H]1c4c(c5ccc6cccc7c6c5n4CC7)C[C@@]4(O)[C@@H](C2)N(CC2CC2)CC[C@]314. The van der Waals surface area contributed by atoms with E-state index in [1.54, 1.807) is 6.07 Å². The normalized spacial score (nSPS) is 33.4. The molecule has 11 aliphatic rings. The van der Waals surface area contributed by atoms with Gasteiger partial charge in [0.1, 0.15) is 0 Å². The van der Waals surface area contributed by atoms with Gasteiger partial charge < -0.3 is 43.9 Å². The topological polar surface area (TPSA) is 116 Å². The predicted molar refractivity (Wildman–Crippen MR) is 258 cm³/mol. The van der Waals surface area contributed by atoms with Crippen LogP contribution in [0.3, 0.4) is 0 Å². The van der Waals surface area contributed by atoms with Crippen molar-refractivity contribution in [1.29, 1.82) is 0 Å². The number of aliphatic hydroxyl groups is 2. The van der Waals surface area contributed by atoms with Crippen molar-refractivity contribution in [2.24, 2.45) is 5.92 Å². The molecule has 2 spiro atoms. The molecule has 5 aromatic carbocycles. The number of benzene rings is 5. The number of aryl methyl sites for hydroxylation is 4. The lowest BCUT2D eigenvalue weighted by atomic mass is 9.49. The third kappa shape index (κ3) is 4.13. The number of para-hydroxylation sites is 1. The van der Waals surface area contributed by atoms with E-state index in [1.807, 2.05) is 6.07 Å². The van der Waals surface area contributed by atoms with Gasteiger partial charge in [-0.1, -0.05) is 60.7 Å². The van der Waals surface area contributed by atoms with Gasteiger partial charge in [0.05, 0.1) is 44.5 Å². The number of hydrogen-bond acceptors (Lipinski definition) is 8. The summed E-state index contributed by atoms with van der Waals surface area (Å²) in [5.74, 6) is 2.45. The van der Waals surface area contributed by atoms with Crippen molar-refractivity contribution >= 4 is 32.6 Å². The molecule has 0 amide bonds. The van der Waals surface area contributed by atoms with Crippen molar-refractivity contribution in [2.75, 3.05) is 26.7 Å². The first-order chi connectivity index (χ1) is 33.1. The number of fused-ring (bicyclic) bond motifs is 8. The Bertz CT molecular complexity index is 3500. The van der Waals surface area contributed by atoms with E-state index in [2.05, 4.69) is 86.6 Å². The third-order valence-electron chi connectivity index (χ3n) is 20.4. The Morgan fingerprint density at radius 2 is 1.25 bits per heavy atom. The number of hydrogen-bond donors (Lipinski definition) is 4. The van der Waals surface area contributed by atoms with Crippen molar-refractivity contribution < 1.29 is 29.9 Å². The summed E-state index contributed by atoms with van der Waals surface area (Å²) < 4.78 is 18.6. The Morgan fingerprint density at radius 1 is 0.618 bits per heavy atom. The summed E-state index contributed by atoms with van der Waals surface area (Å²) in [5.41, 5.74) is 12.3. The van der Waals surface area contributed by atoms with E-state index in [-0.39, 0.29) is 35.8 Å². The lowest BCUT2D eigenvalue weighted by molar-refractivity contribution is -0.173. The molecule has 8 heterocycles. The van der Waals surface area contributed by atoms with Crippen LogP contribution in [0, 0.1) is 5.92 Å². The molecule has 68 heavy (non-hydrogen) atoms. The first-order valence-electron chi connectivity index (χ1n) is 25.7. The van der Waals surface area contributed by atoms with Crippen LogP contribution in [0.1, 0.15) is 100 Å². The molecule has 7 aromatic rings. The zero-order chi connectivity index (χ0) is 45.0. The minimum absolute atomic E-state index is 0.0511. The molecule has 0 unspecified atom stereocenters. The fourth-order valence-corrected chi connectivity index (χ4v) is 17.6.